The fourth-order valence-corrected chi connectivity index (χ4v) is 1.69. The number of carbonyl (C=O) groups excluding carboxylic acids is 1. The summed E-state index contributed by atoms with van der Waals surface area (Å²) in [7, 11) is 0. The molecule has 1 aromatic carbocycles. The smallest absolute Gasteiger partial charge is 0.355 e. The van der Waals surface area contributed by atoms with Crippen molar-refractivity contribution >= 4 is 18.3 Å². The van der Waals surface area contributed by atoms with E-state index < -0.39 is 11.7 Å². The molecule has 1 amide bonds. The number of carbonyl (C=O) groups is 1. The highest BCUT2D eigenvalue weighted by atomic mass is 35.5. The molecule has 1 aromatic rings. The SMILES string of the molecule is CC(CCNC(=O)CN)c1cccc(C(F)(F)F)c1.Cl. The van der Waals surface area contributed by atoms with Gasteiger partial charge in [0.2, 0.25) is 5.91 Å². The predicted octanol–water partition coefficient (Wildman–Crippen LogP) is 2.70. The molecular formula is C13H18ClF3N2O. The Morgan fingerprint density at radius 2 is 2.05 bits per heavy atom. The third-order valence-electron chi connectivity index (χ3n) is 2.87. The molecule has 3 nitrogen and oxygen atoms in total. The van der Waals surface area contributed by atoms with Gasteiger partial charge in [-0.3, -0.25) is 4.79 Å². The van der Waals surface area contributed by atoms with Crippen LogP contribution in [0.25, 0.3) is 0 Å². The second kappa shape index (κ2) is 8.11. The predicted molar refractivity (Wildman–Crippen MR) is 73.8 cm³/mol. The largest absolute Gasteiger partial charge is 0.416 e. The van der Waals surface area contributed by atoms with Gasteiger partial charge in [-0.2, -0.15) is 13.2 Å². The number of rotatable bonds is 5. The fraction of sp³-hybridized carbons (Fsp3) is 0.462. The number of alkyl halides is 3. The van der Waals surface area contributed by atoms with Crippen LogP contribution in [0.5, 0.6) is 0 Å². The van der Waals surface area contributed by atoms with Crippen molar-refractivity contribution in [1.82, 2.24) is 5.32 Å². The third-order valence-corrected chi connectivity index (χ3v) is 2.87. The van der Waals surface area contributed by atoms with Crippen molar-refractivity contribution in [3.63, 3.8) is 0 Å². The lowest BCUT2D eigenvalue weighted by atomic mass is 9.96. The standard InChI is InChI=1S/C13H17F3N2O.ClH/c1-9(5-6-18-12(19)8-17)10-3-2-4-11(7-10)13(14,15)16;/h2-4,7,9H,5-6,8,17H2,1H3,(H,18,19);1H. The van der Waals surface area contributed by atoms with Crippen LogP contribution in [0.3, 0.4) is 0 Å². The normalized spacial score (nSPS) is 12.4. The first-order valence-electron chi connectivity index (χ1n) is 5.98. The van der Waals surface area contributed by atoms with E-state index in [0.29, 0.717) is 18.5 Å². The number of hydrogen-bond acceptors (Lipinski definition) is 2. The maximum Gasteiger partial charge on any atom is 0.416 e. The van der Waals surface area contributed by atoms with Crippen molar-refractivity contribution in [3.05, 3.63) is 35.4 Å². The molecule has 0 aliphatic heterocycles. The van der Waals surface area contributed by atoms with E-state index in [1.54, 1.807) is 6.07 Å². The number of hydrogen-bond donors (Lipinski definition) is 2. The number of halogens is 4. The van der Waals surface area contributed by atoms with Gasteiger partial charge < -0.3 is 11.1 Å². The Hall–Kier alpha value is -1.27. The molecule has 0 aliphatic carbocycles. The molecule has 0 fully saturated rings. The van der Waals surface area contributed by atoms with Gasteiger partial charge >= 0.3 is 6.18 Å². The first-order chi connectivity index (χ1) is 8.84. The molecule has 114 valence electrons. The van der Waals surface area contributed by atoms with Crippen LogP contribution in [0.1, 0.15) is 30.4 Å². The Morgan fingerprint density at radius 1 is 1.40 bits per heavy atom. The molecule has 7 heteroatoms. The summed E-state index contributed by atoms with van der Waals surface area (Å²) in [5.74, 6) is -0.336. The second-order valence-electron chi connectivity index (χ2n) is 4.37. The summed E-state index contributed by atoms with van der Waals surface area (Å²) in [4.78, 5) is 10.9. The van der Waals surface area contributed by atoms with E-state index in [-0.39, 0.29) is 30.8 Å². The average Bonchev–Trinajstić information content (AvgIpc) is 2.37. The van der Waals surface area contributed by atoms with Crippen molar-refractivity contribution in [2.75, 3.05) is 13.1 Å². The van der Waals surface area contributed by atoms with Crippen LogP contribution in [-0.4, -0.2) is 19.0 Å². The Labute approximate surface area is 122 Å². The highest BCUT2D eigenvalue weighted by Crippen LogP contribution is 2.31. The molecule has 0 spiro atoms. The Morgan fingerprint density at radius 3 is 2.60 bits per heavy atom. The van der Waals surface area contributed by atoms with Gasteiger partial charge in [-0.1, -0.05) is 25.1 Å². The summed E-state index contributed by atoms with van der Waals surface area (Å²) in [6, 6.07) is 5.25. The number of benzene rings is 1. The van der Waals surface area contributed by atoms with Crippen LogP contribution in [0.4, 0.5) is 13.2 Å². The highest BCUT2D eigenvalue weighted by molar-refractivity contribution is 5.85. The van der Waals surface area contributed by atoms with Gasteiger partial charge in [0.15, 0.2) is 0 Å². The van der Waals surface area contributed by atoms with E-state index >= 15 is 0 Å². The van der Waals surface area contributed by atoms with E-state index in [9.17, 15) is 18.0 Å². The third kappa shape index (κ3) is 5.79. The topological polar surface area (TPSA) is 55.1 Å². The first kappa shape index (κ1) is 18.7. The summed E-state index contributed by atoms with van der Waals surface area (Å²) < 4.78 is 37.7. The zero-order chi connectivity index (χ0) is 14.5. The molecule has 0 heterocycles. The van der Waals surface area contributed by atoms with Crippen molar-refractivity contribution < 1.29 is 18.0 Å². The number of nitrogens with one attached hydrogen (secondary N) is 1. The van der Waals surface area contributed by atoms with Crippen molar-refractivity contribution in [2.24, 2.45) is 5.73 Å². The van der Waals surface area contributed by atoms with E-state index in [4.69, 9.17) is 5.73 Å². The van der Waals surface area contributed by atoms with E-state index in [0.717, 1.165) is 12.1 Å². The van der Waals surface area contributed by atoms with Crippen LogP contribution < -0.4 is 11.1 Å². The second-order valence-corrected chi connectivity index (χ2v) is 4.37. The Kier molecular flexibility index (Phi) is 7.60. The maximum atomic E-state index is 12.6. The summed E-state index contributed by atoms with van der Waals surface area (Å²) in [5.41, 5.74) is 5.09. The fourth-order valence-electron chi connectivity index (χ4n) is 1.69. The molecule has 0 bridgehead atoms. The average molecular weight is 311 g/mol. The van der Waals surface area contributed by atoms with E-state index in [2.05, 4.69) is 5.32 Å². The Balaban J connectivity index is 0.00000361. The van der Waals surface area contributed by atoms with Gasteiger partial charge in [-0.15, -0.1) is 12.4 Å². The molecule has 20 heavy (non-hydrogen) atoms. The lowest BCUT2D eigenvalue weighted by Gasteiger charge is -2.14. The van der Waals surface area contributed by atoms with E-state index in [1.807, 2.05) is 6.92 Å². The molecule has 0 saturated heterocycles. The van der Waals surface area contributed by atoms with Gasteiger partial charge in [-0.05, 0) is 24.0 Å². The summed E-state index contributed by atoms with van der Waals surface area (Å²) >= 11 is 0. The first-order valence-corrected chi connectivity index (χ1v) is 5.98. The zero-order valence-corrected chi connectivity index (χ0v) is 11.9. The highest BCUT2D eigenvalue weighted by Gasteiger charge is 2.30. The van der Waals surface area contributed by atoms with Gasteiger partial charge in [0, 0.05) is 6.54 Å². The molecule has 0 saturated carbocycles. The molecule has 3 N–H and O–H groups in total. The minimum atomic E-state index is -4.33. The summed E-state index contributed by atoms with van der Waals surface area (Å²) in [6.07, 6.45) is -3.77. The van der Waals surface area contributed by atoms with Crippen LogP contribution in [0.2, 0.25) is 0 Å². The summed E-state index contributed by atoms with van der Waals surface area (Å²) in [6.45, 7) is 2.13. The summed E-state index contributed by atoms with van der Waals surface area (Å²) in [5, 5.41) is 2.59. The molecule has 0 aliphatic rings. The Bertz CT molecular complexity index is 438. The maximum absolute atomic E-state index is 12.6. The van der Waals surface area contributed by atoms with Gasteiger partial charge in [-0.25, -0.2) is 0 Å². The molecule has 1 atom stereocenters. The quantitative estimate of drug-likeness (QED) is 0.878. The van der Waals surface area contributed by atoms with Crippen LogP contribution >= 0.6 is 12.4 Å². The van der Waals surface area contributed by atoms with Crippen LogP contribution in [0.15, 0.2) is 24.3 Å². The minimum absolute atomic E-state index is 0. The van der Waals surface area contributed by atoms with Gasteiger partial charge in [0.25, 0.3) is 0 Å². The monoisotopic (exact) mass is 310 g/mol. The lowest BCUT2D eigenvalue weighted by molar-refractivity contribution is -0.137. The molecule has 1 unspecified atom stereocenters. The number of amides is 1. The number of nitrogens with two attached hydrogens (primary N) is 1. The van der Waals surface area contributed by atoms with Crippen molar-refractivity contribution in [1.29, 1.82) is 0 Å². The van der Waals surface area contributed by atoms with Gasteiger partial charge in [0.05, 0.1) is 12.1 Å². The van der Waals surface area contributed by atoms with Crippen LogP contribution in [0, 0.1) is 0 Å². The van der Waals surface area contributed by atoms with E-state index in [1.165, 1.54) is 6.07 Å². The van der Waals surface area contributed by atoms with Crippen molar-refractivity contribution in [2.45, 2.75) is 25.4 Å². The van der Waals surface area contributed by atoms with Crippen LogP contribution in [-0.2, 0) is 11.0 Å². The zero-order valence-electron chi connectivity index (χ0n) is 11.0. The van der Waals surface area contributed by atoms with Gasteiger partial charge in [0.1, 0.15) is 0 Å². The molecule has 0 aromatic heterocycles. The minimum Gasteiger partial charge on any atom is -0.355 e. The molecule has 0 radical (unpaired) electrons. The van der Waals surface area contributed by atoms with Crippen molar-refractivity contribution in [3.8, 4) is 0 Å². The lowest BCUT2D eigenvalue weighted by Crippen LogP contribution is -2.31. The molecular weight excluding hydrogens is 293 g/mol. The molecule has 1 rings (SSSR count).